The summed E-state index contributed by atoms with van der Waals surface area (Å²) in [4.78, 5) is 15.8. The van der Waals surface area contributed by atoms with Crippen LogP contribution in [-0.2, 0) is 11.3 Å². The van der Waals surface area contributed by atoms with E-state index in [2.05, 4.69) is 21.8 Å². The van der Waals surface area contributed by atoms with Crippen molar-refractivity contribution in [2.75, 3.05) is 0 Å². The van der Waals surface area contributed by atoms with Gasteiger partial charge in [0.1, 0.15) is 5.25 Å². The van der Waals surface area contributed by atoms with Gasteiger partial charge in [-0.1, -0.05) is 48.2 Å². The van der Waals surface area contributed by atoms with E-state index in [1.54, 1.807) is 30.6 Å². The molecule has 1 atom stereocenters. The SMILES string of the molecule is C=CCn1c(SC(C(=O)O)c2ccccc2)nnc1-c1cccnc1. The maximum absolute atomic E-state index is 11.7. The van der Waals surface area contributed by atoms with Crippen molar-refractivity contribution in [1.82, 2.24) is 19.7 Å². The maximum atomic E-state index is 11.7. The van der Waals surface area contributed by atoms with Crippen LogP contribution in [-0.4, -0.2) is 30.8 Å². The largest absolute Gasteiger partial charge is 0.480 e. The number of rotatable bonds is 7. The highest BCUT2D eigenvalue weighted by molar-refractivity contribution is 8.00. The van der Waals surface area contributed by atoms with Crippen LogP contribution in [0.25, 0.3) is 11.4 Å². The summed E-state index contributed by atoms with van der Waals surface area (Å²) in [5, 5.41) is 17.8. The standard InChI is InChI=1S/C18H16N4O2S/c1-2-11-22-16(14-9-6-10-19-12-14)20-21-18(22)25-15(17(23)24)13-7-4-3-5-8-13/h2-10,12,15H,1,11H2,(H,23,24). The normalized spacial score (nSPS) is 11.8. The lowest BCUT2D eigenvalue weighted by atomic mass is 10.1. The second-order valence-corrected chi connectivity index (χ2v) is 6.27. The van der Waals surface area contributed by atoms with Gasteiger partial charge in [0.25, 0.3) is 0 Å². The monoisotopic (exact) mass is 352 g/mol. The molecule has 2 heterocycles. The van der Waals surface area contributed by atoms with Crippen LogP contribution in [0.5, 0.6) is 0 Å². The van der Waals surface area contributed by atoms with Crippen molar-refractivity contribution in [3.8, 4) is 11.4 Å². The zero-order valence-corrected chi connectivity index (χ0v) is 14.1. The van der Waals surface area contributed by atoms with Crippen molar-refractivity contribution < 1.29 is 9.90 Å². The molecule has 1 N–H and O–H groups in total. The molecule has 0 saturated heterocycles. The summed E-state index contributed by atoms with van der Waals surface area (Å²) in [6.45, 7) is 4.24. The van der Waals surface area contributed by atoms with E-state index in [0.29, 0.717) is 23.1 Å². The number of pyridine rings is 1. The smallest absolute Gasteiger partial charge is 0.321 e. The van der Waals surface area contributed by atoms with Crippen LogP contribution in [0.4, 0.5) is 0 Å². The summed E-state index contributed by atoms with van der Waals surface area (Å²) < 4.78 is 1.84. The van der Waals surface area contributed by atoms with Gasteiger partial charge in [0, 0.05) is 24.5 Å². The Hall–Kier alpha value is -2.93. The molecule has 126 valence electrons. The molecular formula is C18H16N4O2S. The van der Waals surface area contributed by atoms with Gasteiger partial charge in [0.05, 0.1) is 0 Å². The number of benzene rings is 1. The first-order valence-electron chi connectivity index (χ1n) is 7.59. The number of nitrogens with zero attached hydrogens (tertiary/aromatic N) is 4. The zero-order chi connectivity index (χ0) is 17.6. The molecule has 6 nitrogen and oxygen atoms in total. The lowest BCUT2D eigenvalue weighted by molar-refractivity contribution is -0.136. The van der Waals surface area contributed by atoms with Crippen LogP contribution in [0.1, 0.15) is 10.8 Å². The summed E-state index contributed by atoms with van der Waals surface area (Å²) in [6.07, 6.45) is 5.11. The number of carboxylic acids is 1. The Bertz CT molecular complexity index is 865. The Balaban J connectivity index is 1.98. The zero-order valence-electron chi connectivity index (χ0n) is 13.3. The van der Waals surface area contributed by atoms with Gasteiger partial charge in [-0.2, -0.15) is 0 Å². The van der Waals surface area contributed by atoms with Crippen LogP contribution in [0.3, 0.4) is 0 Å². The highest BCUT2D eigenvalue weighted by atomic mass is 32.2. The van der Waals surface area contributed by atoms with Crippen molar-refractivity contribution in [2.45, 2.75) is 17.0 Å². The van der Waals surface area contributed by atoms with Gasteiger partial charge in [-0.15, -0.1) is 16.8 Å². The highest BCUT2D eigenvalue weighted by Gasteiger charge is 2.25. The molecule has 0 aliphatic heterocycles. The van der Waals surface area contributed by atoms with Gasteiger partial charge in [0.2, 0.25) is 0 Å². The Morgan fingerprint density at radius 1 is 1.24 bits per heavy atom. The molecule has 0 spiro atoms. The van der Waals surface area contributed by atoms with Crippen LogP contribution < -0.4 is 0 Å². The number of carbonyl (C=O) groups is 1. The fourth-order valence-corrected chi connectivity index (χ4v) is 3.35. The molecule has 0 aliphatic rings. The van der Waals surface area contributed by atoms with E-state index >= 15 is 0 Å². The Morgan fingerprint density at radius 3 is 2.68 bits per heavy atom. The number of carboxylic acid groups (broad SMARTS) is 1. The van der Waals surface area contributed by atoms with Crippen molar-refractivity contribution in [1.29, 1.82) is 0 Å². The fourth-order valence-electron chi connectivity index (χ4n) is 2.37. The molecule has 0 radical (unpaired) electrons. The molecule has 25 heavy (non-hydrogen) atoms. The van der Waals surface area contributed by atoms with E-state index in [4.69, 9.17) is 0 Å². The van der Waals surface area contributed by atoms with E-state index in [1.807, 2.05) is 34.9 Å². The predicted octanol–water partition coefficient (Wildman–Crippen LogP) is 3.44. The first-order valence-corrected chi connectivity index (χ1v) is 8.47. The quantitative estimate of drug-likeness (QED) is 0.518. The second kappa shape index (κ2) is 7.76. The summed E-state index contributed by atoms with van der Waals surface area (Å²) in [5.41, 5.74) is 1.52. The Kier molecular flexibility index (Phi) is 5.25. The van der Waals surface area contributed by atoms with Crippen LogP contribution in [0.2, 0.25) is 0 Å². The minimum atomic E-state index is -0.924. The molecule has 0 aliphatic carbocycles. The summed E-state index contributed by atoms with van der Waals surface area (Å²) >= 11 is 1.15. The van der Waals surface area contributed by atoms with Crippen LogP contribution in [0.15, 0.2) is 72.7 Å². The minimum absolute atomic E-state index is 0.473. The molecule has 0 saturated carbocycles. The predicted molar refractivity (Wildman–Crippen MR) is 96.1 cm³/mol. The average molecular weight is 352 g/mol. The number of aromatic nitrogens is 4. The lowest BCUT2D eigenvalue weighted by Gasteiger charge is -2.13. The molecule has 2 aromatic heterocycles. The lowest BCUT2D eigenvalue weighted by Crippen LogP contribution is -2.10. The Morgan fingerprint density at radius 2 is 2.04 bits per heavy atom. The number of hydrogen-bond acceptors (Lipinski definition) is 5. The van der Waals surface area contributed by atoms with Crippen molar-refractivity contribution in [2.24, 2.45) is 0 Å². The van der Waals surface area contributed by atoms with Gasteiger partial charge in [-0.05, 0) is 17.7 Å². The van der Waals surface area contributed by atoms with E-state index in [1.165, 1.54) is 0 Å². The summed E-state index contributed by atoms with van der Waals surface area (Å²) in [6, 6.07) is 12.8. The molecule has 7 heteroatoms. The fraction of sp³-hybridized carbons (Fsp3) is 0.111. The number of thioether (sulfide) groups is 1. The third-order valence-corrected chi connectivity index (χ3v) is 4.72. The highest BCUT2D eigenvalue weighted by Crippen LogP contribution is 2.35. The molecule has 1 unspecified atom stereocenters. The van der Waals surface area contributed by atoms with Gasteiger partial charge in [-0.3, -0.25) is 14.3 Å². The summed E-state index contributed by atoms with van der Waals surface area (Å²) in [5.74, 6) is -0.292. The topological polar surface area (TPSA) is 80.9 Å². The molecule has 3 aromatic rings. The van der Waals surface area contributed by atoms with Gasteiger partial charge in [0.15, 0.2) is 11.0 Å². The minimum Gasteiger partial charge on any atom is -0.480 e. The van der Waals surface area contributed by atoms with Gasteiger partial charge >= 0.3 is 5.97 Å². The van der Waals surface area contributed by atoms with Crippen molar-refractivity contribution >= 4 is 17.7 Å². The third kappa shape index (κ3) is 3.77. The van der Waals surface area contributed by atoms with E-state index in [-0.39, 0.29) is 0 Å². The Labute approximate surface area is 149 Å². The van der Waals surface area contributed by atoms with E-state index in [0.717, 1.165) is 17.3 Å². The van der Waals surface area contributed by atoms with E-state index in [9.17, 15) is 9.90 Å². The molecule has 0 amide bonds. The molecule has 1 aromatic carbocycles. The average Bonchev–Trinajstić information content (AvgIpc) is 3.04. The maximum Gasteiger partial charge on any atom is 0.321 e. The van der Waals surface area contributed by atoms with Gasteiger partial charge < -0.3 is 5.11 Å². The molecule has 3 rings (SSSR count). The van der Waals surface area contributed by atoms with Gasteiger partial charge in [-0.25, -0.2) is 0 Å². The third-order valence-electron chi connectivity index (χ3n) is 3.50. The second-order valence-electron chi connectivity index (χ2n) is 5.19. The van der Waals surface area contributed by atoms with Crippen molar-refractivity contribution in [3.05, 3.63) is 73.1 Å². The first-order chi connectivity index (χ1) is 12.2. The number of aliphatic carboxylic acids is 1. The first kappa shape index (κ1) is 16.9. The van der Waals surface area contributed by atoms with Crippen molar-refractivity contribution in [3.63, 3.8) is 0 Å². The van der Waals surface area contributed by atoms with Crippen LogP contribution >= 0.6 is 11.8 Å². The number of hydrogen-bond donors (Lipinski definition) is 1. The molecule has 0 fully saturated rings. The molecule has 0 bridgehead atoms. The van der Waals surface area contributed by atoms with E-state index < -0.39 is 11.2 Å². The summed E-state index contributed by atoms with van der Waals surface area (Å²) in [7, 11) is 0. The molecular weight excluding hydrogens is 336 g/mol. The van der Waals surface area contributed by atoms with Crippen LogP contribution in [0, 0.1) is 0 Å². The number of allylic oxidation sites excluding steroid dienone is 1.